The topological polar surface area (TPSA) is 75.9 Å². The molecule has 0 spiro atoms. The summed E-state index contributed by atoms with van der Waals surface area (Å²) in [6.45, 7) is 0. The smallest absolute Gasteiger partial charge is 0.193 e. The number of halogens is 1. The third-order valence-electron chi connectivity index (χ3n) is 3.08. The first-order valence-corrected chi connectivity index (χ1v) is 6.55. The van der Waals surface area contributed by atoms with Crippen molar-refractivity contribution in [1.82, 2.24) is 0 Å². The molecule has 2 aromatic carbocycles. The predicted octanol–water partition coefficient (Wildman–Crippen LogP) is 4.17. The number of hydrogen-bond acceptors (Lipinski definition) is 5. The van der Waals surface area contributed by atoms with E-state index in [0.717, 1.165) is 0 Å². The predicted molar refractivity (Wildman–Crippen MR) is 80.3 cm³/mol. The SMILES string of the molecule is O=NC(C(=O)c1ccccc1)C(N=O)c1ccccc1Cl. The summed E-state index contributed by atoms with van der Waals surface area (Å²) >= 11 is 6.00. The first-order valence-electron chi connectivity index (χ1n) is 6.17. The quantitative estimate of drug-likeness (QED) is 0.593. The van der Waals surface area contributed by atoms with Gasteiger partial charge in [0.25, 0.3) is 0 Å². The molecule has 0 amide bonds. The lowest BCUT2D eigenvalue weighted by atomic mass is 9.94. The first kappa shape index (κ1) is 15.0. The molecular weight excluding hydrogens is 292 g/mol. The van der Waals surface area contributed by atoms with Crippen LogP contribution in [-0.2, 0) is 0 Å². The minimum atomic E-state index is -1.44. The largest absolute Gasteiger partial charge is 0.291 e. The van der Waals surface area contributed by atoms with E-state index in [4.69, 9.17) is 11.6 Å². The molecule has 0 aromatic heterocycles. The van der Waals surface area contributed by atoms with Crippen LogP contribution in [0.15, 0.2) is 65.0 Å². The molecular formula is C15H11ClN2O3. The molecule has 0 saturated heterocycles. The minimum absolute atomic E-state index is 0.261. The van der Waals surface area contributed by atoms with Crippen molar-refractivity contribution in [2.45, 2.75) is 12.1 Å². The highest BCUT2D eigenvalue weighted by Gasteiger charge is 2.33. The molecule has 0 radical (unpaired) electrons. The summed E-state index contributed by atoms with van der Waals surface area (Å²) in [4.78, 5) is 34.6. The molecule has 6 heteroatoms. The molecule has 0 aliphatic carbocycles. The number of ketones is 1. The highest BCUT2D eigenvalue weighted by molar-refractivity contribution is 6.31. The number of nitrogens with zero attached hydrogens (tertiary/aromatic N) is 2. The van der Waals surface area contributed by atoms with Crippen molar-refractivity contribution in [3.05, 3.63) is 80.6 Å². The van der Waals surface area contributed by atoms with Gasteiger partial charge < -0.3 is 0 Å². The number of hydrogen-bond donors (Lipinski definition) is 0. The molecule has 0 N–H and O–H groups in total. The van der Waals surface area contributed by atoms with Gasteiger partial charge in [-0.1, -0.05) is 70.5 Å². The second-order valence-corrected chi connectivity index (χ2v) is 4.76. The molecule has 21 heavy (non-hydrogen) atoms. The molecule has 0 fully saturated rings. The molecule has 0 aliphatic heterocycles. The fraction of sp³-hybridized carbons (Fsp3) is 0.133. The lowest BCUT2D eigenvalue weighted by Gasteiger charge is -2.15. The van der Waals surface area contributed by atoms with E-state index in [2.05, 4.69) is 10.4 Å². The summed E-state index contributed by atoms with van der Waals surface area (Å²) < 4.78 is 0. The number of benzene rings is 2. The van der Waals surface area contributed by atoms with Crippen molar-refractivity contribution in [3.8, 4) is 0 Å². The summed E-state index contributed by atoms with van der Waals surface area (Å²) in [5, 5.41) is 5.95. The van der Waals surface area contributed by atoms with E-state index in [1.54, 1.807) is 54.6 Å². The second kappa shape index (κ2) is 6.85. The van der Waals surface area contributed by atoms with Gasteiger partial charge in [-0.15, -0.1) is 4.91 Å². The van der Waals surface area contributed by atoms with Gasteiger partial charge in [0.15, 0.2) is 17.9 Å². The van der Waals surface area contributed by atoms with Gasteiger partial charge >= 0.3 is 0 Å². The first-order chi connectivity index (χ1) is 10.2. The van der Waals surface area contributed by atoms with Gasteiger partial charge in [-0.2, -0.15) is 4.91 Å². The van der Waals surface area contributed by atoms with Gasteiger partial charge in [0.2, 0.25) is 0 Å². The van der Waals surface area contributed by atoms with Gasteiger partial charge in [-0.3, -0.25) is 4.79 Å². The highest BCUT2D eigenvalue weighted by atomic mass is 35.5. The fourth-order valence-corrected chi connectivity index (χ4v) is 2.27. The molecule has 2 aromatic rings. The number of rotatable bonds is 6. The summed E-state index contributed by atoms with van der Waals surface area (Å²) in [7, 11) is 0. The van der Waals surface area contributed by atoms with Crippen molar-refractivity contribution >= 4 is 17.4 Å². The monoisotopic (exact) mass is 302 g/mol. The van der Waals surface area contributed by atoms with Gasteiger partial charge in [-0.05, 0) is 6.07 Å². The molecule has 2 unspecified atom stereocenters. The van der Waals surface area contributed by atoms with Crippen LogP contribution < -0.4 is 0 Å². The van der Waals surface area contributed by atoms with Gasteiger partial charge in [0.05, 0.1) is 0 Å². The van der Waals surface area contributed by atoms with Crippen LogP contribution in [0, 0.1) is 9.81 Å². The van der Waals surface area contributed by atoms with Crippen molar-refractivity contribution in [2.24, 2.45) is 10.4 Å². The maximum Gasteiger partial charge on any atom is 0.193 e. The zero-order valence-corrected chi connectivity index (χ0v) is 11.6. The minimum Gasteiger partial charge on any atom is -0.291 e. The molecule has 5 nitrogen and oxygen atoms in total. The number of Topliss-reactive ketones (excluding diaryl/α,β-unsaturated/α-hetero) is 1. The number of carbonyl (C=O) groups is 1. The molecule has 2 rings (SSSR count). The van der Waals surface area contributed by atoms with E-state index in [1.807, 2.05) is 0 Å². The van der Waals surface area contributed by atoms with Crippen LogP contribution in [0.3, 0.4) is 0 Å². The van der Waals surface area contributed by atoms with Gasteiger partial charge in [-0.25, -0.2) is 0 Å². The van der Waals surface area contributed by atoms with E-state index < -0.39 is 17.9 Å². The van der Waals surface area contributed by atoms with Crippen LogP contribution in [0.1, 0.15) is 22.0 Å². The van der Waals surface area contributed by atoms with E-state index in [1.165, 1.54) is 0 Å². The Hall–Kier alpha value is -2.40. The summed E-state index contributed by atoms with van der Waals surface area (Å²) in [6.07, 6.45) is 0. The maximum atomic E-state index is 12.3. The van der Waals surface area contributed by atoms with Crippen LogP contribution in [0.4, 0.5) is 0 Å². The van der Waals surface area contributed by atoms with E-state index in [9.17, 15) is 14.6 Å². The average molecular weight is 303 g/mol. The molecule has 2 atom stereocenters. The number of carbonyl (C=O) groups excluding carboxylic acids is 1. The number of nitroso groups, excluding NO2 is 2. The second-order valence-electron chi connectivity index (χ2n) is 4.35. The standard InChI is InChI=1S/C15H11ClN2O3/c16-12-9-5-4-8-11(12)13(17-20)14(18-21)15(19)10-6-2-1-3-7-10/h1-9,13-14H. The lowest BCUT2D eigenvalue weighted by molar-refractivity contribution is 0.0950. The Balaban J connectivity index is 2.39. The Morgan fingerprint density at radius 1 is 0.905 bits per heavy atom. The molecule has 106 valence electrons. The van der Waals surface area contributed by atoms with E-state index in [-0.39, 0.29) is 5.02 Å². The zero-order valence-electron chi connectivity index (χ0n) is 10.8. The van der Waals surface area contributed by atoms with E-state index >= 15 is 0 Å². The third-order valence-corrected chi connectivity index (χ3v) is 3.42. The molecule has 0 heterocycles. The van der Waals surface area contributed by atoms with Crippen LogP contribution in [0.5, 0.6) is 0 Å². The van der Waals surface area contributed by atoms with Crippen LogP contribution in [-0.4, -0.2) is 11.8 Å². The molecule has 0 aliphatic rings. The summed E-state index contributed by atoms with van der Waals surface area (Å²) in [5.41, 5.74) is 0.603. The molecule has 0 bridgehead atoms. The normalized spacial score (nSPS) is 13.2. The van der Waals surface area contributed by atoms with Crippen molar-refractivity contribution in [2.75, 3.05) is 0 Å². The Labute approximate surface area is 125 Å². The Morgan fingerprint density at radius 2 is 1.52 bits per heavy atom. The van der Waals surface area contributed by atoms with Crippen LogP contribution >= 0.6 is 11.6 Å². The van der Waals surface area contributed by atoms with Gasteiger partial charge in [0, 0.05) is 16.1 Å². The van der Waals surface area contributed by atoms with Crippen molar-refractivity contribution in [3.63, 3.8) is 0 Å². The zero-order chi connectivity index (χ0) is 15.2. The van der Waals surface area contributed by atoms with Crippen molar-refractivity contribution in [1.29, 1.82) is 0 Å². The fourth-order valence-electron chi connectivity index (χ4n) is 2.02. The van der Waals surface area contributed by atoms with Gasteiger partial charge in [0.1, 0.15) is 0 Å². The Morgan fingerprint density at radius 3 is 2.10 bits per heavy atom. The molecule has 0 saturated carbocycles. The van der Waals surface area contributed by atoms with Crippen LogP contribution in [0.2, 0.25) is 5.02 Å². The highest BCUT2D eigenvalue weighted by Crippen LogP contribution is 2.31. The average Bonchev–Trinajstić information content (AvgIpc) is 2.54. The Kier molecular flexibility index (Phi) is 4.90. The lowest BCUT2D eigenvalue weighted by Crippen LogP contribution is -2.25. The Bertz CT molecular complexity index is 661. The maximum absolute atomic E-state index is 12.3. The van der Waals surface area contributed by atoms with Crippen LogP contribution in [0.25, 0.3) is 0 Å². The summed E-state index contributed by atoms with van der Waals surface area (Å²) in [6, 6.07) is 11.9. The third kappa shape index (κ3) is 3.20. The van der Waals surface area contributed by atoms with E-state index in [0.29, 0.717) is 11.1 Å². The van der Waals surface area contributed by atoms with Crippen molar-refractivity contribution < 1.29 is 4.79 Å². The summed E-state index contributed by atoms with van der Waals surface area (Å²) in [5.74, 6) is -0.560.